The lowest BCUT2D eigenvalue weighted by Crippen LogP contribution is -2.05. The average Bonchev–Trinajstić information content (AvgIpc) is 3.21. The van der Waals surface area contributed by atoms with Gasteiger partial charge >= 0.3 is 0 Å². The number of hydrogen-bond donors (Lipinski definition) is 1. The minimum Gasteiger partial charge on any atom is -0.298 e. The maximum absolute atomic E-state index is 11.5. The zero-order valence-corrected chi connectivity index (χ0v) is 15.7. The van der Waals surface area contributed by atoms with Crippen LogP contribution in [-0.4, -0.2) is 16.1 Å². The summed E-state index contributed by atoms with van der Waals surface area (Å²) < 4.78 is 1.87. The largest absolute Gasteiger partial charge is 0.298 e. The molecule has 0 N–H and O–H groups in total. The Morgan fingerprint density at radius 1 is 0.963 bits per heavy atom. The van der Waals surface area contributed by atoms with Gasteiger partial charge in [0, 0.05) is 23.2 Å². The summed E-state index contributed by atoms with van der Waals surface area (Å²) in [6.07, 6.45) is 5.37. The lowest BCUT2D eigenvalue weighted by molar-refractivity contribution is 0.112. The minimum atomic E-state index is -0.0519. The van der Waals surface area contributed by atoms with Gasteiger partial charge in [0.2, 0.25) is 0 Å². The van der Waals surface area contributed by atoms with Gasteiger partial charge in [0.1, 0.15) is 6.29 Å². The van der Waals surface area contributed by atoms with Crippen molar-refractivity contribution in [1.29, 1.82) is 0 Å². The van der Waals surface area contributed by atoms with Crippen LogP contribution in [0.4, 0.5) is 0 Å². The molecule has 0 radical (unpaired) electrons. The molecule has 0 aliphatic heterocycles. The first-order valence-corrected chi connectivity index (χ1v) is 9.46. The van der Waals surface area contributed by atoms with Crippen molar-refractivity contribution in [2.75, 3.05) is 0 Å². The second-order valence-corrected chi connectivity index (χ2v) is 7.31. The van der Waals surface area contributed by atoms with Crippen molar-refractivity contribution in [2.45, 2.75) is 18.2 Å². The number of carbonyl (C=O) groups excluding carboxylic acids is 1. The van der Waals surface area contributed by atoms with E-state index in [1.807, 2.05) is 41.2 Å². The smallest absolute Gasteiger partial charge is 0.150 e. The van der Waals surface area contributed by atoms with Gasteiger partial charge in [-0.3, -0.25) is 9.48 Å². The van der Waals surface area contributed by atoms with Gasteiger partial charge in [-0.1, -0.05) is 60.7 Å². The van der Waals surface area contributed by atoms with E-state index in [0.29, 0.717) is 12.1 Å². The summed E-state index contributed by atoms with van der Waals surface area (Å²) >= 11 is 4.83. The Morgan fingerprint density at radius 3 is 2.56 bits per heavy atom. The monoisotopic (exact) mass is 372 g/mol. The van der Waals surface area contributed by atoms with Crippen molar-refractivity contribution in [2.24, 2.45) is 0 Å². The predicted octanol–water partition coefficient (Wildman–Crippen LogP) is 5.11. The summed E-state index contributed by atoms with van der Waals surface area (Å²) in [5.74, 6) is 0. The van der Waals surface area contributed by atoms with Gasteiger partial charge in [-0.2, -0.15) is 17.7 Å². The number of aromatic nitrogens is 2. The fraction of sp³-hybridized carbons (Fsp3) is 0.130. The number of aldehydes is 1. The summed E-state index contributed by atoms with van der Waals surface area (Å²) in [6, 6.07) is 22.6. The van der Waals surface area contributed by atoms with E-state index in [4.69, 9.17) is 12.6 Å². The van der Waals surface area contributed by atoms with Crippen molar-refractivity contribution >= 4 is 29.7 Å². The third-order valence-electron chi connectivity index (χ3n) is 4.78. The van der Waals surface area contributed by atoms with Crippen molar-refractivity contribution in [3.05, 3.63) is 101 Å². The number of carbonyl (C=O) groups is 1. The van der Waals surface area contributed by atoms with Crippen LogP contribution < -0.4 is 0 Å². The summed E-state index contributed by atoms with van der Waals surface area (Å²) in [7, 11) is 0. The summed E-state index contributed by atoms with van der Waals surface area (Å²) in [6.45, 7) is 0.676. The van der Waals surface area contributed by atoms with Crippen LogP contribution in [0.5, 0.6) is 0 Å². The van der Waals surface area contributed by atoms with Crippen LogP contribution in [0.15, 0.2) is 79.1 Å². The number of fused-ring (bicyclic) bond motifs is 1. The van der Waals surface area contributed by atoms with Crippen LogP contribution in [-0.2, 0) is 13.0 Å². The third-order valence-corrected chi connectivity index (χ3v) is 5.24. The molecule has 0 bridgehead atoms. The van der Waals surface area contributed by atoms with E-state index in [1.165, 1.54) is 16.3 Å². The fourth-order valence-corrected chi connectivity index (χ4v) is 3.83. The molecule has 27 heavy (non-hydrogen) atoms. The van der Waals surface area contributed by atoms with Gasteiger partial charge in [-0.15, -0.1) is 0 Å². The normalized spacial score (nSPS) is 12.2. The average molecular weight is 372 g/mol. The van der Waals surface area contributed by atoms with Gasteiger partial charge < -0.3 is 0 Å². The molecular formula is C23H20N2OS. The molecule has 3 nitrogen and oxygen atoms in total. The van der Waals surface area contributed by atoms with E-state index in [9.17, 15) is 4.79 Å². The number of rotatable bonds is 6. The highest BCUT2D eigenvalue weighted by molar-refractivity contribution is 7.80. The molecule has 134 valence electrons. The Hall–Kier alpha value is -2.85. The number of hydrogen-bond acceptors (Lipinski definition) is 3. The van der Waals surface area contributed by atoms with Crippen LogP contribution >= 0.6 is 12.6 Å². The molecule has 0 aliphatic rings. The van der Waals surface area contributed by atoms with Gasteiger partial charge in [0.15, 0.2) is 0 Å². The molecule has 3 aromatic carbocycles. The van der Waals surface area contributed by atoms with Crippen LogP contribution in [0.3, 0.4) is 0 Å². The van der Waals surface area contributed by atoms with E-state index < -0.39 is 0 Å². The Bertz CT molecular complexity index is 1070. The molecule has 0 saturated carbocycles. The van der Waals surface area contributed by atoms with Gasteiger partial charge in [0.25, 0.3) is 0 Å². The molecule has 4 rings (SSSR count). The number of nitrogens with zero attached hydrogens (tertiary/aromatic N) is 2. The molecule has 0 saturated heterocycles. The summed E-state index contributed by atoms with van der Waals surface area (Å²) in [4.78, 5) is 11.5. The molecule has 1 aromatic heterocycles. The Labute approximate surface area is 164 Å². The maximum atomic E-state index is 11.5. The SMILES string of the molecule is O=Cc1ccc(Cn2cccn2)cc1C(S)Cc1ccc2ccccc2c1. The van der Waals surface area contributed by atoms with E-state index in [-0.39, 0.29) is 5.25 Å². The first kappa shape index (κ1) is 17.6. The van der Waals surface area contributed by atoms with Crippen molar-refractivity contribution < 1.29 is 4.79 Å². The first-order valence-electron chi connectivity index (χ1n) is 8.94. The number of benzene rings is 3. The van der Waals surface area contributed by atoms with Crippen LogP contribution in [0.1, 0.15) is 32.3 Å². The number of thiol groups is 1. The summed E-state index contributed by atoms with van der Waals surface area (Å²) in [5.41, 5.74) is 3.98. The Balaban J connectivity index is 1.60. The molecule has 4 aromatic rings. The lowest BCUT2D eigenvalue weighted by Gasteiger charge is -2.16. The van der Waals surface area contributed by atoms with Gasteiger partial charge in [0.05, 0.1) is 6.54 Å². The predicted molar refractivity (Wildman–Crippen MR) is 113 cm³/mol. The highest BCUT2D eigenvalue weighted by atomic mass is 32.1. The quantitative estimate of drug-likeness (QED) is 0.377. The minimum absolute atomic E-state index is 0.0519. The van der Waals surface area contributed by atoms with Crippen molar-refractivity contribution in [3.8, 4) is 0 Å². The highest BCUT2D eigenvalue weighted by Crippen LogP contribution is 2.29. The molecule has 0 fully saturated rings. The van der Waals surface area contributed by atoms with Gasteiger partial charge in [-0.25, -0.2) is 0 Å². The molecule has 1 atom stereocenters. The maximum Gasteiger partial charge on any atom is 0.150 e. The first-order chi connectivity index (χ1) is 13.2. The Morgan fingerprint density at radius 2 is 1.78 bits per heavy atom. The third kappa shape index (κ3) is 3.96. The molecule has 0 aliphatic carbocycles. The molecule has 0 amide bonds. The second-order valence-electron chi connectivity index (χ2n) is 6.69. The van der Waals surface area contributed by atoms with Crippen LogP contribution in [0.25, 0.3) is 10.8 Å². The van der Waals surface area contributed by atoms with Crippen LogP contribution in [0.2, 0.25) is 0 Å². The molecule has 4 heteroatoms. The summed E-state index contributed by atoms with van der Waals surface area (Å²) in [5, 5.41) is 6.65. The topological polar surface area (TPSA) is 34.9 Å². The highest BCUT2D eigenvalue weighted by Gasteiger charge is 2.14. The molecule has 0 spiro atoms. The van der Waals surface area contributed by atoms with Crippen molar-refractivity contribution in [1.82, 2.24) is 9.78 Å². The van der Waals surface area contributed by atoms with E-state index >= 15 is 0 Å². The molecule has 1 unspecified atom stereocenters. The zero-order chi connectivity index (χ0) is 18.6. The van der Waals surface area contributed by atoms with Gasteiger partial charge in [-0.05, 0) is 39.9 Å². The van der Waals surface area contributed by atoms with E-state index in [0.717, 1.165) is 23.8 Å². The van der Waals surface area contributed by atoms with Crippen LogP contribution in [0, 0.1) is 0 Å². The van der Waals surface area contributed by atoms with E-state index in [2.05, 4.69) is 41.5 Å². The second kappa shape index (κ2) is 7.80. The fourth-order valence-electron chi connectivity index (χ4n) is 3.40. The lowest BCUT2D eigenvalue weighted by atomic mass is 9.96. The standard InChI is InChI=1S/C23H20N2OS/c26-16-21-9-7-18(15-25-11-3-10-24-25)13-22(21)23(27)14-17-6-8-19-4-1-2-5-20(19)12-17/h1-13,16,23,27H,14-15H2. The Kier molecular flexibility index (Phi) is 5.07. The molecule has 1 heterocycles. The molecular weight excluding hydrogens is 352 g/mol. The zero-order valence-electron chi connectivity index (χ0n) is 14.8. The van der Waals surface area contributed by atoms with Crippen molar-refractivity contribution in [3.63, 3.8) is 0 Å². The van der Waals surface area contributed by atoms with E-state index in [1.54, 1.807) is 6.20 Å².